The summed E-state index contributed by atoms with van der Waals surface area (Å²) in [5.41, 5.74) is 3.22. The van der Waals surface area contributed by atoms with Crippen LogP contribution in [0.25, 0.3) is 22.2 Å². The zero-order valence-corrected chi connectivity index (χ0v) is 16.9. The number of hydrogen-bond acceptors (Lipinski definition) is 5. The van der Waals surface area contributed by atoms with E-state index < -0.39 is 23.8 Å². The van der Waals surface area contributed by atoms with E-state index in [1.165, 1.54) is 11.6 Å². The van der Waals surface area contributed by atoms with Crippen LogP contribution >= 0.6 is 0 Å². The van der Waals surface area contributed by atoms with Gasteiger partial charge in [0.1, 0.15) is 11.7 Å². The fraction of sp³-hybridized carbons (Fsp3) is 0.0800. The summed E-state index contributed by atoms with van der Waals surface area (Å²) >= 11 is 0. The lowest BCUT2D eigenvalue weighted by Gasteiger charge is -2.21. The van der Waals surface area contributed by atoms with Crippen LogP contribution < -0.4 is 0 Å². The van der Waals surface area contributed by atoms with Crippen LogP contribution in [0, 0.1) is 0 Å². The van der Waals surface area contributed by atoms with Crippen molar-refractivity contribution in [3.63, 3.8) is 0 Å². The molecule has 7 heteroatoms. The summed E-state index contributed by atoms with van der Waals surface area (Å²) in [6.07, 6.45) is 0. The Bertz CT molecular complexity index is 1500. The molecule has 6 rings (SSSR count). The number of aromatic nitrogens is 2. The number of ketones is 1. The van der Waals surface area contributed by atoms with Gasteiger partial charge in [-0.1, -0.05) is 48.5 Å². The van der Waals surface area contributed by atoms with Gasteiger partial charge >= 0.3 is 0 Å². The summed E-state index contributed by atoms with van der Waals surface area (Å²) in [6.45, 7) is 1.51. The molecule has 1 aliphatic heterocycles. The van der Waals surface area contributed by atoms with Gasteiger partial charge in [0, 0.05) is 22.1 Å². The van der Waals surface area contributed by atoms with Gasteiger partial charge in [0.05, 0.1) is 16.6 Å². The summed E-state index contributed by atoms with van der Waals surface area (Å²) in [5.74, 6) is -1.67. The third-order valence-electron chi connectivity index (χ3n) is 6.16. The number of fused-ring (bicyclic) bond motifs is 3. The first kappa shape index (κ1) is 18.4. The lowest BCUT2D eigenvalue weighted by atomic mass is 9.87. The highest BCUT2D eigenvalue weighted by molar-refractivity contribution is 6.26. The first-order valence-electron chi connectivity index (χ1n) is 10.2. The quantitative estimate of drug-likeness (QED) is 0.407. The van der Waals surface area contributed by atoms with E-state index in [9.17, 15) is 19.2 Å². The van der Waals surface area contributed by atoms with Gasteiger partial charge in [-0.05, 0) is 25.1 Å². The molecular weight excluding hydrogens is 406 g/mol. The molecule has 1 atom stereocenters. The maximum atomic E-state index is 13.5. The van der Waals surface area contributed by atoms with E-state index in [0.717, 1.165) is 4.90 Å². The van der Waals surface area contributed by atoms with Crippen LogP contribution in [0.5, 0.6) is 0 Å². The fourth-order valence-electron chi connectivity index (χ4n) is 4.59. The first-order valence-corrected chi connectivity index (χ1v) is 10.2. The summed E-state index contributed by atoms with van der Waals surface area (Å²) < 4.78 is 1.21. The van der Waals surface area contributed by atoms with Gasteiger partial charge in [0.15, 0.2) is 5.78 Å². The summed E-state index contributed by atoms with van der Waals surface area (Å²) in [6, 6.07) is 17.7. The molecule has 0 fully saturated rings. The fourth-order valence-corrected chi connectivity index (χ4v) is 4.59. The number of benzene rings is 3. The Morgan fingerprint density at radius 3 is 1.97 bits per heavy atom. The topological polar surface area (TPSA) is 89.3 Å². The molecule has 0 saturated heterocycles. The predicted octanol–water partition coefficient (Wildman–Crippen LogP) is 3.57. The van der Waals surface area contributed by atoms with E-state index >= 15 is 0 Å². The minimum Gasteiger partial charge on any atom is -0.289 e. The SMILES string of the molecule is C[C@@H](C(=O)n1nc2c3c(cccc31)C(=O)c1ccccc1-2)N1C(=O)c2ccccc2C1=O. The Kier molecular flexibility index (Phi) is 3.62. The lowest BCUT2D eigenvalue weighted by molar-refractivity contribution is 0.0525. The molecule has 2 heterocycles. The van der Waals surface area contributed by atoms with E-state index in [0.29, 0.717) is 33.3 Å². The molecule has 0 bridgehead atoms. The average molecular weight is 421 g/mol. The highest BCUT2D eigenvalue weighted by Gasteiger charge is 2.42. The molecule has 0 N–H and O–H groups in total. The molecule has 4 aromatic rings. The van der Waals surface area contributed by atoms with E-state index in [2.05, 4.69) is 5.10 Å². The Morgan fingerprint density at radius 1 is 0.750 bits per heavy atom. The summed E-state index contributed by atoms with van der Waals surface area (Å²) in [5, 5.41) is 5.15. The molecular formula is C25H15N3O4. The van der Waals surface area contributed by atoms with E-state index in [1.54, 1.807) is 60.7 Å². The zero-order valence-electron chi connectivity index (χ0n) is 16.9. The number of imide groups is 1. The molecule has 2 aliphatic rings. The highest BCUT2D eigenvalue weighted by Crippen LogP contribution is 2.39. The molecule has 2 amide bonds. The standard InChI is InChI=1S/C25H15N3O4/c1-13(27-24(31)16-9-4-5-10-17(16)25(27)32)23(30)28-19-12-6-11-18-20(19)21(26-28)14-7-2-3-8-15(14)22(18)29/h2-13H,1H3/t13-/m0/s1. The van der Waals surface area contributed by atoms with E-state index in [-0.39, 0.29) is 16.9 Å². The normalized spacial score (nSPS) is 15.2. The third-order valence-corrected chi connectivity index (χ3v) is 6.16. The molecule has 32 heavy (non-hydrogen) atoms. The van der Waals surface area contributed by atoms with Gasteiger partial charge in [0.25, 0.3) is 17.7 Å². The van der Waals surface area contributed by atoms with Crippen LogP contribution in [0.1, 0.15) is 48.4 Å². The van der Waals surface area contributed by atoms with Crippen LogP contribution in [0.15, 0.2) is 66.7 Å². The molecule has 3 aromatic carbocycles. The molecule has 0 spiro atoms. The molecule has 0 saturated carbocycles. The Morgan fingerprint density at radius 2 is 1.31 bits per heavy atom. The van der Waals surface area contributed by atoms with Crippen molar-refractivity contribution >= 4 is 34.4 Å². The third kappa shape index (κ3) is 2.22. The highest BCUT2D eigenvalue weighted by atomic mass is 16.2. The van der Waals surface area contributed by atoms with Crippen LogP contribution in [0.4, 0.5) is 0 Å². The molecule has 0 radical (unpaired) electrons. The van der Waals surface area contributed by atoms with Crippen molar-refractivity contribution in [3.05, 3.63) is 89.0 Å². The van der Waals surface area contributed by atoms with Gasteiger partial charge in [-0.3, -0.25) is 24.1 Å². The van der Waals surface area contributed by atoms with Gasteiger partial charge in [-0.15, -0.1) is 0 Å². The Balaban J connectivity index is 1.49. The maximum absolute atomic E-state index is 13.5. The van der Waals surface area contributed by atoms with Crippen LogP contribution in [-0.2, 0) is 0 Å². The average Bonchev–Trinajstić information content (AvgIpc) is 3.33. The van der Waals surface area contributed by atoms with Crippen molar-refractivity contribution in [2.45, 2.75) is 13.0 Å². The Labute approximate surface area is 181 Å². The molecule has 7 nitrogen and oxygen atoms in total. The molecule has 154 valence electrons. The monoisotopic (exact) mass is 421 g/mol. The molecule has 1 aromatic heterocycles. The van der Waals surface area contributed by atoms with Crippen LogP contribution in [0.3, 0.4) is 0 Å². The largest absolute Gasteiger partial charge is 0.289 e. The minimum absolute atomic E-state index is 0.126. The van der Waals surface area contributed by atoms with Gasteiger partial charge in [0.2, 0.25) is 0 Å². The van der Waals surface area contributed by atoms with Crippen molar-refractivity contribution in [1.29, 1.82) is 0 Å². The van der Waals surface area contributed by atoms with Crippen molar-refractivity contribution < 1.29 is 19.2 Å². The number of carbonyl (C=O) groups excluding carboxylic acids is 4. The smallest absolute Gasteiger partial charge is 0.270 e. The van der Waals surface area contributed by atoms with Gasteiger partial charge in [-0.2, -0.15) is 9.78 Å². The molecule has 1 aliphatic carbocycles. The second kappa shape index (κ2) is 6.31. The molecule has 0 unspecified atom stereocenters. The lowest BCUT2D eigenvalue weighted by Crippen LogP contribution is -2.45. The van der Waals surface area contributed by atoms with E-state index in [1.807, 2.05) is 6.07 Å². The van der Waals surface area contributed by atoms with Crippen molar-refractivity contribution in [2.24, 2.45) is 0 Å². The van der Waals surface area contributed by atoms with Gasteiger partial charge < -0.3 is 0 Å². The number of hydrogen-bond donors (Lipinski definition) is 0. The summed E-state index contributed by atoms with van der Waals surface area (Å²) in [7, 11) is 0. The maximum Gasteiger partial charge on any atom is 0.270 e. The number of carbonyl (C=O) groups is 4. The van der Waals surface area contributed by atoms with Crippen molar-refractivity contribution in [2.75, 3.05) is 0 Å². The van der Waals surface area contributed by atoms with Crippen molar-refractivity contribution in [1.82, 2.24) is 14.7 Å². The summed E-state index contributed by atoms with van der Waals surface area (Å²) in [4.78, 5) is 53.2. The Hall–Kier alpha value is -4.39. The van der Waals surface area contributed by atoms with Crippen LogP contribution in [-0.4, -0.2) is 44.2 Å². The second-order valence-electron chi connectivity index (χ2n) is 7.87. The van der Waals surface area contributed by atoms with Gasteiger partial charge in [-0.25, -0.2) is 0 Å². The van der Waals surface area contributed by atoms with E-state index in [4.69, 9.17) is 0 Å². The zero-order chi connectivity index (χ0) is 22.1. The van der Waals surface area contributed by atoms with Crippen LogP contribution in [0.2, 0.25) is 0 Å². The van der Waals surface area contributed by atoms with Crippen molar-refractivity contribution in [3.8, 4) is 11.3 Å². The number of amides is 2. The number of nitrogens with zero attached hydrogens (tertiary/aromatic N) is 3. The number of rotatable bonds is 2. The second-order valence-corrected chi connectivity index (χ2v) is 7.87. The first-order chi connectivity index (χ1) is 15.5. The minimum atomic E-state index is -1.08. The predicted molar refractivity (Wildman–Crippen MR) is 116 cm³/mol.